The highest BCUT2D eigenvalue weighted by Crippen LogP contribution is 2.32. The van der Waals surface area contributed by atoms with E-state index in [0.29, 0.717) is 25.8 Å². The van der Waals surface area contributed by atoms with Crippen molar-refractivity contribution in [1.29, 1.82) is 0 Å². The van der Waals surface area contributed by atoms with Gasteiger partial charge in [-0.3, -0.25) is 9.59 Å². The van der Waals surface area contributed by atoms with Crippen molar-refractivity contribution in [3.05, 3.63) is 0 Å². The molecule has 1 saturated carbocycles. The lowest BCUT2D eigenvalue weighted by Crippen LogP contribution is -2.44. The third-order valence-electron chi connectivity index (χ3n) is 3.53. The SMILES string of the molecule is CCCNC(=O)CN(C)S(=O)(=O)C1CCCC1C(=O)O. The summed E-state index contributed by atoms with van der Waals surface area (Å²) < 4.78 is 25.6. The number of hydrogen-bond acceptors (Lipinski definition) is 4. The van der Waals surface area contributed by atoms with E-state index in [4.69, 9.17) is 5.11 Å². The molecule has 0 aromatic carbocycles. The zero-order chi connectivity index (χ0) is 15.3. The predicted molar refractivity (Wildman–Crippen MR) is 73.6 cm³/mol. The molecule has 20 heavy (non-hydrogen) atoms. The molecular weight excluding hydrogens is 284 g/mol. The van der Waals surface area contributed by atoms with Crippen molar-refractivity contribution >= 4 is 21.9 Å². The van der Waals surface area contributed by atoms with Crippen LogP contribution in [-0.4, -0.2) is 55.1 Å². The van der Waals surface area contributed by atoms with E-state index in [-0.39, 0.29) is 12.5 Å². The Hall–Kier alpha value is -1.15. The van der Waals surface area contributed by atoms with Crippen LogP contribution in [0.5, 0.6) is 0 Å². The fourth-order valence-corrected chi connectivity index (χ4v) is 4.30. The number of rotatable bonds is 7. The number of carboxylic acids is 1. The van der Waals surface area contributed by atoms with Crippen LogP contribution in [-0.2, 0) is 19.6 Å². The van der Waals surface area contributed by atoms with Gasteiger partial charge in [-0.05, 0) is 19.3 Å². The fourth-order valence-electron chi connectivity index (χ4n) is 2.41. The van der Waals surface area contributed by atoms with Gasteiger partial charge in [0.2, 0.25) is 15.9 Å². The summed E-state index contributed by atoms with van der Waals surface area (Å²) in [6.45, 7) is 2.12. The Morgan fingerprint density at radius 3 is 2.55 bits per heavy atom. The van der Waals surface area contributed by atoms with Crippen molar-refractivity contribution in [3.63, 3.8) is 0 Å². The number of amides is 1. The van der Waals surface area contributed by atoms with Gasteiger partial charge in [-0.2, -0.15) is 4.31 Å². The van der Waals surface area contributed by atoms with Gasteiger partial charge in [-0.1, -0.05) is 13.3 Å². The van der Waals surface area contributed by atoms with E-state index in [1.807, 2.05) is 6.92 Å². The number of carboxylic acid groups (broad SMARTS) is 1. The van der Waals surface area contributed by atoms with Crippen LogP contribution in [0.1, 0.15) is 32.6 Å². The van der Waals surface area contributed by atoms with Gasteiger partial charge in [-0.25, -0.2) is 8.42 Å². The summed E-state index contributed by atoms with van der Waals surface area (Å²) in [7, 11) is -2.44. The molecule has 0 aromatic heterocycles. The minimum atomic E-state index is -3.76. The first kappa shape index (κ1) is 16.9. The Morgan fingerprint density at radius 2 is 2.00 bits per heavy atom. The largest absolute Gasteiger partial charge is 0.481 e. The maximum absolute atomic E-state index is 12.3. The van der Waals surface area contributed by atoms with Crippen LogP contribution in [0.2, 0.25) is 0 Å². The van der Waals surface area contributed by atoms with Gasteiger partial charge in [0.05, 0.1) is 17.7 Å². The summed E-state index contributed by atoms with van der Waals surface area (Å²) in [4.78, 5) is 22.6. The van der Waals surface area contributed by atoms with E-state index in [9.17, 15) is 18.0 Å². The van der Waals surface area contributed by atoms with Crippen molar-refractivity contribution in [3.8, 4) is 0 Å². The molecule has 1 aliphatic rings. The van der Waals surface area contributed by atoms with Crippen molar-refractivity contribution in [2.75, 3.05) is 20.1 Å². The van der Waals surface area contributed by atoms with E-state index >= 15 is 0 Å². The second-order valence-corrected chi connectivity index (χ2v) is 7.32. The molecule has 7 nitrogen and oxygen atoms in total. The first-order chi connectivity index (χ1) is 9.30. The molecule has 0 bridgehead atoms. The van der Waals surface area contributed by atoms with Crippen LogP contribution in [0.15, 0.2) is 0 Å². The van der Waals surface area contributed by atoms with Crippen LogP contribution in [0.3, 0.4) is 0 Å². The predicted octanol–water partition coefficient (Wildman–Crippen LogP) is 0.0275. The van der Waals surface area contributed by atoms with Gasteiger partial charge in [0, 0.05) is 13.6 Å². The molecule has 0 aliphatic heterocycles. The number of aliphatic carboxylic acids is 1. The summed E-state index contributed by atoms with van der Waals surface area (Å²) in [5.74, 6) is -2.33. The molecule has 2 atom stereocenters. The van der Waals surface area contributed by atoms with Gasteiger partial charge in [0.15, 0.2) is 0 Å². The van der Waals surface area contributed by atoms with E-state index in [1.54, 1.807) is 0 Å². The van der Waals surface area contributed by atoms with Gasteiger partial charge < -0.3 is 10.4 Å². The molecule has 1 rings (SSSR count). The molecule has 1 aliphatic carbocycles. The highest BCUT2D eigenvalue weighted by atomic mass is 32.2. The maximum atomic E-state index is 12.3. The maximum Gasteiger partial charge on any atom is 0.307 e. The molecular formula is C12H22N2O5S. The molecule has 0 spiro atoms. The molecule has 2 N–H and O–H groups in total. The zero-order valence-electron chi connectivity index (χ0n) is 11.8. The Bertz CT molecular complexity index is 462. The lowest BCUT2D eigenvalue weighted by Gasteiger charge is -2.23. The smallest absolute Gasteiger partial charge is 0.307 e. The number of carbonyl (C=O) groups excluding carboxylic acids is 1. The number of nitrogens with zero attached hydrogens (tertiary/aromatic N) is 1. The molecule has 0 aromatic rings. The lowest BCUT2D eigenvalue weighted by atomic mass is 10.1. The van der Waals surface area contributed by atoms with Crippen LogP contribution in [0.4, 0.5) is 0 Å². The van der Waals surface area contributed by atoms with Crippen molar-refractivity contribution in [2.45, 2.75) is 37.9 Å². The van der Waals surface area contributed by atoms with Crippen LogP contribution >= 0.6 is 0 Å². The summed E-state index contributed by atoms with van der Waals surface area (Å²) >= 11 is 0. The Morgan fingerprint density at radius 1 is 1.35 bits per heavy atom. The van der Waals surface area contributed by atoms with E-state index in [0.717, 1.165) is 10.7 Å². The second kappa shape index (κ2) is 7.03. The highest BCUT2D eigenvalue weighted by molar-refractivity contribution is 7.89. The molecule has 1 amide bonds. The Kier molecular flexibility index (Phi) is 5.94. The van der Waals surface area contributed by atoms with E-state index < -0.39 is 27.2 Å². The molecule has 8 heteroatoms. The quantitative estimate of drug-likeness (QED) is 0.690. The van der Waals surface area contributed by atoms with Gasteiger partial charge in [-0.15, -0.1) is 0 Å². The first-order valence-corrected chi connectivity index (χ1v) is 8.25. The van der Waals surface area contributed by atoms with Crippen molar-refractivity contribution in [1.82, 2.24) is 9.62 Å². The van der Waals surface area contributed by atoms with Crippen LogP contribution < -0.4 is 5.32 Å². The minimum Gasteiger partial charge on any atom is -0.481 e. The second-order valence-electron chi connectivity index (χ2n) is 5.07. The average molecular weight is 306 g/mol. The molecule has 0 saturated heterocycles. The third kappa shape index (κ3) is 3.92. The fraction of sp³-hybridized carbons (Fsp3) is 0.833. The summed E-state index contributed by atoms with van der Waals surface area (Å²) in [5, 5.41) is 10.7. The van der Waals surface area contributed by atoms with Crippen LogP contribution in [0.25, 0.3) is 0 Å². The summed E-state index contributed by atoms with van der Waals surface area (Å²) in [5.41, 5.74) is 0. The number of sulfonamides is 1. The van der Waals surface area contributed by atoms with Crippen LogP contribution in [0, 0.1) is 5.92 Å². The minimum absolute atomic E-state index is 0.273. The topological polar surface area (TPSA) is 104 Å². The number of carbonyl (C=O) groups is 2. The molecule has 0 heterocycles. The normalized spacial score (nSPS) is 22.9. The Labute approximate surface area is 119 Å². The number of hydrogen-bond donors (Lipinski definition) is 2. The van der Waals surface area contributed by atoms with E-state index in [1.165, 1.54) is 7.05 Å². The molecule has 2 unspecified atom stereocenters. The van der Waals surface area contributed by atoms with Gasteiger partial charge >= 0.3 is 5.97 Å². The molecule has 0 radical (unpaired) electrons. The van der Waals surface area contributed by atoms with Gasteiger partial charge in [0.25, 0.3) is 0 Å². The highest BCUT2D eigenvalue weighted by Gasteiger charge is 2.43. The van der Waals surface area contributed by atoms with Crippen molar-refractivity contribution < 1.29 is 23.1 Å². The lowest BCUT2D eigenvalue weighted by molar-refractivity contribution is -0.141. The third-order valence-corrected chi connectivity index (χ3v) is 5.85. The Balaban J connectivity index is 2.72. The van der Waals surface area contributed by atoms with Gasteiger partial charge in [0.1, 0.15) is 0 Å². The molecule has 1 fully saturated rings. The first-order valence-electron chi connectivity index (χ1n) is 6.75. The standard InChI is InChI=1S/C12H22N2O5S/c1-3-7-13-11(15)8-14(2)20(18,19)10-6-4-5-9(10)12(16)17/h9-10H,3-8H2,1-2H3,(H,13,15)(H,16,17). The molecule has 116 valence electrons. The number of nitrogens with one attached hydrogen (secondary N) is 1. The zero-order valence-corrected chi connectivity index (χ0v) is 12.6. The summed E-state index contributed by atoms with van der Waals surface area (Å²) in [6, 6.07) is 0. The average Bonchev–Trinajstić information content (AvgIpc) is 2.86. The van der Waals surface area contributed by atoms with Crippen molar-refractivity contribution in [2.24, 2.45) is 5.92 Å². The van der Waals surface area contributed by atoms with E-state index in [2.05, 4.69) is 5.32 Å². The number of likely N-dealkylation sites (N-methyl/N-ethyl adjacent to an activating group) is 1. The monoisotopic (exact) mass is 306 g/mol. The summed E-state index contributed by atoms with van der Waals surface area (Å²) in [6.07, 6.45) is 2.05.